The van der Waals surface area contributed by atoms with Crippen molar-refractivity contribution >= 4 is 7.98 Å². The second-order valence-electron chi connectivity index (χ2n) is 4.95. The number of hydrogen-bond donors (Lipinski definition) is 0. The van der Waals surface area contributed by atoms with Crippen LogP contribution in [0.15, 0.2) is 0 Å². The summed E-state index contributed by atoms with van der Waals surface area (Å²) in [5.74, 6) is 0. The van der Waals surface area contributed by atoms with Crippen molar-refractivity contribution in [1.29, 1.82) is 0 Å². The van der Waals surface area contributed by atoms with Crippen molar-refractivity contribution in [3.63, 3.8) is 0 Å². The fraction of sp³-hybridized carbons (Fsp3) is 1.00. The second-order valence-corrected chi connectivity index (χ2v) is 4.95. The summed E-state index contributed by atoms with van der Waals surface area (Å²) in [4.78, 5) is 4.58. The van der Waals surface area contributed by atoms with Crippen molar-refractivity contribution in [2.75, 3.05) is 0 Å². The molecule has 2 nitrogen and oxygen atoms in total. The van der Waals surface area contributed by atoms with Gasteiger partial charge in [-0.3, -0.25) is 4.90 Å². The van der Waals surface area contributed by atoms with Crippen LogP contribution < -0.4 is 0 Å². The molecule has 1 fully saturated rings. The standard InChI is InChI=1S/C11H23BN2/c1-7(2)13-8(3)10(5)14(12)11(6)9(13)4/h7-11H,1-6H3. The molecule has 0 aliphatic carbocycles. The van der Waals surface area contributed by atoms with Crippen molar-refractivity contribution in [2.24, 2.45) is 0 Å². The van der Waals surface area contributed by atoms with Crippen molar-refractivity contribution in [2.45, 2.75) is 71.8 Å². The number of rotatable bonds is 1. The minimum atomic E-state index is 0.434. The summed E-state index contributed by atoms with van der Waals surface area (Å²) in [7, 11) is 6.07. The zero-order valence-electron chi connectivity index (χ0n) is 10.4. The van der Waals surface area contributed by atoms with E-state index in [1.54, 1.807) is 0 Å². The van der Waals surface area contributed by atoms with E-state index in [0.29, 0.717) is 30.2 Å². The summed E-state index contributed by atoms with van der Waals surface area (Å²) in [6, 6.07) is 2.53. The van der Waals surface area contributed by atoms with Gasteiger partial charge in [0.1, 0.15) is 0 Å². The summed E-state index contributed by atoms with van der Waals surface area (Å²) >= 11 is 0. The molecular formula is C11H23BN2. The third-order valence-corrected chi connectivity index (χ3v) is 3.87. The summed E-state index contributed by atoms with van der Waals surface area (Å²) in [6.07, 6.45) is 0. The van der Waals surface area contributed by atoms with Gasteiger partial charge < -0.3 is 4.81 Å². The first-order valence-electron chi connectivity index (χ1n) is 5.68. The highest BCUT2D eigenvalue weighted by Crippen LogP contribution is 2.26. The average Bonchev–Trinajstić information content (AvgIpc) is 2.11. The van der Waals surface area contributed by atoms with Crippen molar-refractivity contribution < 1.29 is 0 Å². The Morgan fingerprint density at radius 1 is 0.857 bits per heavy atom. The van der Waals surface area contributed by atoms with Crippen molar-refractivity contribution in [3.8, 4) is 0 Å². The maximum Gasteiger partial charge on any atom is 0.183 e. The van der Waals surface area contributed by atoms with E-state index in [2.05, 4.69) is 46.4 Å². The summed E-state index contributed by atoms with van der Waals surface area (Å²) < 4.78 is 0. The summed E-state index contributed by atoms with van der Waals surface area (Å²) in [5.41, 5.74) is 0. The van der Waals surface area contributed by atoms with E-state index >= 15 is 0 Å². The lowest BCUT2D eigenvalue weighted by molar-refractivity contribution is -0.0148. The molecule has 0 amide bonds. The van der Waals surface area contributed by atoms with Crippen LogP contribution in [0.5, 0.6) is 0 Å². The van der Waals surface area contributed by atoms with Crippen LogP contribution in [0.3, 0.4) is 0 Å². The molecule has 1 rings (SSSR count). The predicted molar refractivity (Wildman–Crippen MR) is 62.4 cm³/mol. The van der Waals surface area contributed by atoms with Crippen LogP contribution in [-0.4, -0.2) is 47.9 Å². The molecular weight excluding hydrogens is 171 g/mol. The quantitative estimate of drug-likeness (QED) is 0.585. The highest BCUT2D eigenvalue weighted by atomic mass is 15.3. The molecule has 0 N–H and O–H groups in total. The third kappa shape index (κ3) is 1.85. The van der Waals surface area contributed by atoms with Gasteiger partial charge in [0.15, 0.2) is 7.98 Å². The second kappa shape index (κ2) is 4.24. The van der Waals surface area contributed by atoms with E-state index in [4.69, 9.17) is 7.98 Å². The van der Waals surface area contributed by atoms with Gasteiger partial charge in [-0.15, -0.1) is 0 Å². The smallest absolute Gasteiger partial charge is 0.183 e. The van der Waals surface area contributed by atoms with E-state index in [1.807, 2.05) is 4.81 Å². The van der Waals surface area contributed by atoms with E-state index in [1.165, 1.54) is 0 Å². The Labute approximate surface area is 90.1 Å². The Balaban J connectivity index is 2.86. The van der Waals surface area contributed by atoms with Crippen molar-refractivity contribution in [1.82, 2.24) is 9.71 Å². The van der Waals surface area contributed by atoms with E-state index in [-0.39, 0.29) is 0 Å². The number of nitrogens with zero attached hydrogens (tertiary/aromatic N) is 2. The topological polar surface area (TPSA) is 6.48 Å². The lowest BCUT2D eigenvalue weighted by Crippen LogP contribution is -2.66. The molecule has 0 aromatic carbocycles. The Bertz CT molecular complexity index is 180. The first-order valence-corrected chi connectivity index (χ1v) is 5.68. The van der Waals surface area contributed by atoms with Gasteiger partial charge in [0.25, 0.3) is 0 Å². The van der Waals surface area contributed by atoms with E-state index in [0.717, 1.165) is 0 Å². The minimum Gasteiger partial charge on any atom is -0.346 e. The Hall–Kier alpha value is -0.0151. The Morgan fingerprint density at radius 3 is 1.50 bits per heavy atom. The molecule has 1 aliphatic heterocycles. The monoisotopic (exact) mass is 194 g/mol. The van der Waals surface area contributed by atoms with E-state index < -0.39 is 0 Å². The average molecular weight is 194 g/mol. The molecule has 1 aliphatic rings. The van der Waals surface area contributed by atoms with Gasteiger partial charge in [-0.05, 0) is 41.5 Å². The first-order chi connectivity index (χ1) is 6.37. The maximum absolute atomic E-state index is 6.07. The molecule has 0 bridgehead atoms. The van der Waals surface area contributed by atoms with Crippen LogP contribution in [0.25, 0.3) is 0 Å². The van der Waals surface area contributed by atoms with Gasteiger partial charge in [0.05, 0.1) is 0 Å². The molecule has 0 saturated carbocycles. The lowest BCUT2D eigenvalue weighted by atomic mass is 9.90. The zero-order valence-corrected chi connectivity index (χ0v) is 10.4. The van der Waals surface area contributed by atoms with Crippen LogP contribution in [0.2, 0.25) is 0 Å². The normalized spacial score (nSPS) is 41.9. The molecule has 4 unspecified atom stereocenters. The molecule has 0 spiro atoms. The van der Waals surface area contributed by atoms with Crippen LogP contribution in [0, 0.1) is 0 Å². The Kier molecular flexibility index (Phi) is 3.65. The molecule has 0 aromatic rings. The number of piperazine rings is 1. The zero-order chi connectivity index (χ0) is 11.0. The van der Waals surface area contributed by atoms with Crippen LogP contribution in [0.1, 0.15) is 41.5 Å². The molecule has 0 aromatic heterocycles. The van der Waals surface area contributed by atoms with Crippen LogP contribution in [-0.2, 0) is 0 Å². The molecule has 1 heterocycles. The fourth-order valence-electron chi connectivity index (χ4n) is 2.68. The van der Waals surface area contributed by atoms with Crippen LogP contribution >= 0.6 is 0 Å². The molecule has 1 saturated heterocycles. The highest BCUT2D eigenvalue weighted by molar-refractivity contribution is 6.05. The molecule has 80 valence electrons. The van der Waals surface area contributed by atoms with Gasteiger partial charge in [0, 0.05) is 30.2 Å². The first kappa shape index (κ1) is 12.1. The molecule has 3 heteroatoms. The minimum absolute atomic E-state index is 0.434. The molecule has 14 heavy (non-hydrogen) atoms. The van der Waals surface area contributed by atoms with Crippen LogP contribution in [0.4, 0.5) is 0 Å². The van der Waals surface area contributed by atoms with Gasteiger partial charge in [-0.1, -0.05) is 0 Å². The van der Waals surface area contributed by atoms with Gasteiger partial charge >= 0.3 is 0 Å². The Morgan fingerprint density at radius 2 is 1.21 bits per heavy atom. The number of hydrogen-bond acceptors (Lipinski definition) is 2. The van der Waals surface area contributed by atoms with E-state index in [9.17, 15) is 0 Å². The largest absolute Gasteiger partial charge is 0.346 e. The van der Waals surface area contributed by atoms with Crippen molar-refractivity contribution in [3.05, 3.63) is 0 Å². The maximum atomic E-state index is 6.07. The summed E-state index contributed by atoms with van der Waals surface area (Å²) in [5, 5.41) is 0. The summed E-state index contributed by atoms with van der Waals surface area (Å²) in [6.45, 7) is 13.5. The third-order valence-electron chi connectivity index (χ3n) is 3.87. The van der Waals surface area contributed by atoms with Gasteiger partial charge in [-0.25, -0.2) is 0 Å². The predicted octanol–water partition coefficient (Wildman–Crippen LogP) is 1.65. The van der Waals surface area contributed by atoms with Gasteiger partial charge in [-0.2, -0.15) is 0 Å². The molecule has 4 atom stereocenters. The molecule has 2 radical (unpaired) electrons. The van der Waals surface area contributed by atoms with Gasteiger partial charge in [0.2, 0.25) is 0 Å². The highest BCUT2D eigenvalue weighted by Gasteiger charge is 2.38. The lowest BCUT2D eigenvalue weighted by Gasteiger charge is -2.53. The SMILES string of the molecule is [B]N1C(C)C(C)N(C(C)C)C(C)C1C. The fourth-order valence-corrected chi connectivity index (χ4v) is 2.68.